The summed E-state index contributed by atoms with van der Waals surface area (Å²) in [5, 5.41) is 22.2. The molecule has 14 heteroatoms. The number of nitrogens with zero attached hydrogens (tertiary/aromatic N) is 4. The molecule has 0 radical (unpaired) electrons. The number of nitrogens with two attached hydrogens (primary N) is 1. The molecule has 2 aromatic carbocycles. The number of ketones is 1. The predicted molar refractivity (Wildman–Crippen MR) is 166 cm³/mol. The molecule has 1 atom stereocenters. The van der Waals surface area contributed by atoms with Crippen molar-refractivity contribution >= 4 is 45.6 Å². The fourth-order valence-electron chi connectivity index (χ4n) is 5.34. The summed E-state index contributed by atoms with van der Waals surface area (Å²) in [5.74, 6) is 0.910. The van der Waals surface area contributed by atoms with Gasteiger partial charge < -0.3 is 30.0 Å². The Labute approximate surface area is 262 Å². The monoisotopic (exact) mass is 634 g/mol. The van der Waals surface area contributed by atoms with E-state index in [0.717, 1.165) is 0 Å². The number of ether oxygens (including phenoxy) is 4. The first-order chi connectivity index (χ1) is 21.3. The van der Waals surface area contributed by atoms with Crippen molar-refractivity contribution in [2.24, 2.45) is 5.73 Å². The Hall–Kier alpha value is -4.74. The van der Waals surface area contributed by atoms with Gasteiger partial charge in [0, 0.05) is 35.0 Å². The van der Waals surface area contributed by atoms with E-state index >= 15 is 0 Å². The average molecular weight is 635 g/mol. The maximum atomic E-state index is 13.6. The normalized spacial score (nSPS) is 16.3. The lowest BCUT2D eigenvalue weighted by Gasteiger charge is -2.38. The van der Waals surface area contributed by atoms with Gasteiger partial charge in [0.25, 0.3) is 0 Å². The fraction of sp³-hybridized carbons (Fsp3) is 0.300. The van der Waals surface area contributed by atoms with Crippen LogP contribution in [0.2, 0.25) is 0 Å². The number of benzene rings is 2. The Morgan fingerprint density at radius 2 is 1.91 bits per heavy atom. The van der Waals surface area contributed by atoms with Gasteiger partial charge in [0.2, 0.25) is 16.8 Å². The third kappa shape index (κ3) is 5.76. The lowest BCUT2D eigenvalue weighted by Crippen LogP contribution is -2.38. The Morgan fingerprint density at radius 1 is 1.11 bits per heavy atom. The summed E-state index contributed by atoms with van der Waals surface area (Å²) in [5.41, 5.74) is 9.16. The highest BCUT2D eigenvalue weighted by Gasteiger charge is 2.43. The summed E-state index contributed by atoms with van der Waals surface area (Å²) in [7, 11) is 6.06. The molecule has 1 aromatic heterocycles. The number of amides is 1. The zero-order chi connectivity index (χ0) is 31.4. The number of hydrogen-bond acceptors (Lipinski definition) is 13. The number of rotatable bonds is 10. The molecule has 44 heavy (non-hydrogen) atoms. The van der Waals surface area contributed by atoms with Crippen LogP contribution in [0.1, 0.15) is 30.7 Å². The van der Waals surface area contributed by atoms with E-state index in [9.17, 15) is 14.9 Å². The molecule has 1 amide bonds. The fourth-order valence-corrected chi connectivity index (χ4v) is 7.02. The van der Waals surface area contributed by atoms with Crippen molar-refractivity contribution in [3.8, 4) is 29.1 Å². The molecule has 5 rings (SSSR count). The van der Waals surface area contributed by atoms with Crippen LogP contribution in [0.15, 0.2) is 63.4 Å². The number of aromatic nitrogens is 2. The Morgan fingerprint density at radius 3 is 2.61 bits per heavy atom. The maximum Gasteiger partial charge on any atom is 0.234 e. The first kappa shape index (κ1) is 30.7. The zero-order valence-corrected chi connectivity index (χ0v) is 26.1. The molecular formula is C30H30N6O6S2. The Kier molecular flexibility index (Phi) is 9.26. The second kappa shape index (κ2) is 13.3. The molecule has 12 nitrogen and oxygen atoms in total. The number of thioether (sulfide) groups is 1. The minimum Gasteiger partial charge on any atom is -0.497 e. The third-order valence-corrected chi connectivity index (χ3v) is 9.27. The van der Waals surface area contributed by atoms with Gasteiger partial charge in [-0.05, 0) is 31.0 Å². The van der Waals surface area contributed by atoms with Crippen LogP contribution in [-0.2, 0) is 9.59 Å². The summed E-state index contributed by atoms with van der Waals surface area (Å²) in [6.45, 7) is 0. The number of allylic oxidation sites excluding steroid dienone is 3. The van der Waals surface area contributed by atoms with E-state index in [-0.39, 0.29) is 28.8 Å². The molecular weight excluding hydrogens is 605 g/mol. The number of nitrogens with one attached hydrogen (secondary N) is 1. The molecule has 1 aliphatic carbocycles. The molecule has 2 aliphatic rings. The molecule has 1 unspecified atom stereocenters. The SMILES string of the molecule is COc1cccc(NC(=O)CSc2nnc(N3C(N)=C(C#N)C(c4ccc(OC)c(OC)c4OC)C4=C3CCCC4=O)s2)c1. The smallest absolute Gasteiger partial charge is 0.234 e. The molecule has 3 aromatic rings. The highest BCUT2D eigenvalue weighted by Crippen LogP contribution is 2.52. The van der Waals surface area contributed by atoms with E-state index in [0.29, 0.717) is 74.3 Å². The second-order valence-electron chi connectivity index (χ2n) is 9.66. The van der Waals surface area contributed by atoms with Crippen LogP contribution in [-0.4, -0.2) is 56.1 Å². The second-order valence-corrected chi connectivity index (χ2v) is 11.8. The minimum absolute atomic E-state index is 0.0911. The summed E-state index contributed by atoms with van der Waals surface area (Å²) >= 11 is 2.44. The molecule has 0 spiro atoms. The van der Waals surface area contributed by atoms with E-state index in [4.69, 9.17) is 24.7 Å². The summed E-state index contributed by atoms with van der Waals surface area (Å²) in [6.07, 6.45) is 1.48. The number of carbonyl (C=O) groups excluding carboxylic acids is 2. The van der Waals surface area contributed by atoms with Crippen molar-refractivity contribution in [1.82, 2.24) is 10.2 Å². The van der Waals surface area contributed by atoms with Gasteiger partial charge in [-0.15, -0.1) is 10.2 Å². The van der Waals surface area contributed by atoms with Crippen molar-refractivity contribution in [3.05, 3.63) is 64.6 Å². The van der Waals surface area contributed by atoms with E-state index in [1.165, 1.54) is 44.4 Å². The molecule has 2 heterocycles. The van der Waals surface area contributed by atoms with Gasteiger partial charge in [-0.2, -0.15) is 5.26 Å². The highest BCUT2D eigenvalue weighted by atomic mass is 32.2. The van der Waals surface area contributed by atoms with E-state index in [1.807, 2.05) is 0 Å². The first-order valence-electron chi connectivity index (χ1n) is 13.5. The minimum atomic E-state index is -0.782. The van der Waals surface area contributed by atoms with Gasteiger partial charge >= 0.3 is 0 Å². The van der Waals surface area contributed by atoms with Gasteiger partial charge in [0.05, 0.1) is 51.8 Å². The van der Waals surface area contributed by atoms with Crippen molar-refractivity contribution in [2.75, 3.05) is 44.4 Å². The van der Waals surface area contributed by atoms with E-state index in [2.05, 4.69) is 21.6 Å². The van der Waals surface area contributed by atoms with Crippen LogP contribution < -0.4 is 34.9 Å². The number of Topliss-reactive ketones (excluding diaryl/α,β-unsaturated/α-hetero) is 1. The van der Waals surface area contributed by atoms with E-state index < -0.39 is 5.92 Å². The number of hydrogen-bond donors (Lipinski definition) is 2. The molecule has 0 fully saturated rings. The lowest BCUT2D eigenvalue weighted by atomic mass is 9.75. The quantitative estimate of drug-likeness (QED) is 0.298. The van der Waals surface area contributed by atoms with Crippen LogP contribution in [0, 0.1) is 11.3 Å². The van der Waals surface area contributed by atoms with Gasteiger partial charge in [0.1, 0.15) is 11.6 Å². The molecule has 1 aliphatic heterocycles. The zero-order valence-electron chi connectivity index (χ0n) is 24.5. The first-order valence-corrected chi connectivity index (χ1v) is 15.3. The van der Waals surface area contributed by atoms with Gasteiger partial charge in [0.15, 0.2) is 21.6 Å². The van der Waals surface area contributed by atoms with E-state index in [1.54, 1.807) is 48.4 Å². The Balaban J connectivity index is 1.47. The van der Waals surface area contributed by atoms with Crippen molar-refractivity contribution in [3.63, 3.8) is 0 Å². The summed E-state index contributed by atoms with van der Waals surface area (Å²) in [4.78, 5) is 27.8. The van der Waals surface area contributed by atoms with Gasteiger partial charge in [-0.1, -0.05) is 35.2 Å². The predicted octanol–water partition coefficient (Wildman–Crippen LogP) is 4.61. The van der Waals surface area contributed by atoms with Crippen molar-refractivity contribution < 1.29 is 28.5 Å². The highest BCUT2D eigenvalue weighted by molar-refractivity contribution is 8.01. The number of carbonyl (C=O) groups is 2. The van der Waals surface area contributed by atoms with Gasteiger partial charge in [-0.25, -0.2) is 0 Å². The largest absolute Gasteiger partial charge is 0.497 e. The van der Waals surface area contributed by atoms with Crippen LogP contribution in [0.3, 0.4) is 0 Å². The van der Waals surface area contributed by atoms with Crippen LogP contribution in [0.5, 0.6) is 23.0 Å². The number of anilines is 2. The number of nitriles is 1. The van der Waals surface area contributed by atoms with Crippen molar-refractivity contribution in [2.45, 2.75) is 29.5 Å². The standard InChI is InChI=1S/C30H30N6O6S2/c1-39-17-8-5-7-16(13-17)33-23(38)15-43-30-35-34-29(44-30)36-20-9-6-10-21(37)25(20)24(19(14-31)28(36)32)18-11-12-22(40-2)27(42-4)26(18)41-3/h5,7-8,11-13,24H,6,9-10,15,32H2,1-4H3,(H,33,38). The van der Waals surface area contributed by atoms with Crippen LogP contribution in [0.25, 0.3) is 0 Å². The maximum absolute atomic E-state index is 13.6. The molecule has 228 valence electrons. The number of methoxy groups -OCH3 is 4. The average Bonchev–Trinajstić information content (AvgIpc) is 3.51. The molecule has 0 saturated carbocycles. The molecule has 0 bridgehead atoms. The summed E-state index contributed by atoms with van der Waals surface area (Å²) in [6, 6.07) is 12.8. The molecule has 3 N–H and O–H groups in total. The topological polar surface area (TPSA) is 162 Å². The lowest BCUT2D eigenvalue weighted by molar-refractivity contribution is -0.116. The van der Waals surface area contributed by atoms with Gasteiger partial charge in [-0.3, -0.25) is 14.5 Å². The van der Waals surface area contributed by atoms with Crippen LogP contribution >= 0.6 is 23.1 Å². The van der Waals surface area contributed by atoms with Crippen molar-refractivity contribution in [1.29, 1.82) is 5.26 Å². The molecule has 0 saturated heterocycles. The van der Waals surface area contributed by atoms with Crippen LogP contribution in [0.4, 0.5) is 10.8 Å². The summed E-state index contributed by atoms with van der Waals surface area (Å²) < 4.78 is 22.5. The third-order valence-electron chi connectivity index (χ3n) is 7.23. The Bertz CT molecular complexity index is 1710.